The molecule has 64 heavy (non-hydrogen) atoms. The summed E-state index contributed by atoms with van der Waals surface area (Å²) in [7, 11) is -30.2. The van der Waals surface area contributed by atoms with Crippen molar-refractivity contribution in [3.05, 3.63) is 24.3 Å². The first-order chi connectivity index (χ1) is 28.6. The van der Waals surface area contributed by atoms with E-state index in [1.54, 1.807) is 13.8 Å². The van der Waals surface area contributed by atoms with E-state index in [-0.39, 0.29) is 19.2 Å². The first kappa shape index (κ1) is 60.7. The predicted molar refractivity (Wildman–Crippen MR) is 284 cm³/mol. The van der Waals surface area contributed by atoms with Crippen LogP contribution in [-0.2, 0) is 60.2 Å². The third-order valence-corrected chi connectivity index (χ3v) is 58.5. The van der Waals surface area contributed by atoms with Crippen molar-refractivity contribution >= 4 is 115 Å². The highest BCUT2D eigenvalue weighted by molar-refractivity contribution is 6.95. The van der Waals surface area contributed by atoms with Crippen molar-refractivity contribution in [3.63, 3.8) is 0 Å². The molecule has 0 spiro atoms. The summed E-state index contributed by atoms with van der Waals surface area (Å²) in [5.41, 5.74) is 0.757. The number of carbonyl (C=O) groups is 2. The van der Waals surface area contributed by atoms with Crippen LogP contribution in [0.25, 0.3) is 0 Å². The second-order valence-corrected chi connectivity index (χ2v) is 65.4. The van der Waals surface area contributed by atoms with E-state index in [0.717, 1.165) is 24.2 Å². The highest BCUT2D eigenvalue weighted by Crippen LogP contribution is 2.39. The van der Waals surface area contributed by atoms with E-state index in [9.17, 15) is 14.4 Å². The highest BCUT2D eigenvalue weighted by Gasteiger charge is 2.55. The molecule has 2 saturated heterocycles. The van der Waals surface area contributed by atoms with Gasteiger partial charge in [-0.2, -0.15) is 0 Å². The summed E-state index contributed by atoms with van der Waals surface area (Å²) in [6.45, 7) is 47.4. The molecule has 1 N–H and O–H groups in total. The Hall–Kier alpha value is 0.583. The van der Waals surface area contributed by atoms with Gasteiger partial charge < -0.3 is 55.4 Å². The maximum atomic E-state index is 12.0. The fourth-order valence-corrected chi connectivity index (χ4v) is 70.1. The predicted octanol–water partition coefficient (Wildman–Crippen LogP) is 9.27. The Labute approximate surface area is 401 Å². The lowest BCUT2D eigenvalue weighted by Crippen LogP contribution is -2.66. The molecule has 2 fully saturated rings. The molecular weight excluding hydrogens is 1020 g/mol. The Kier molecular flexibility index (Phi) is 22.0. The maximum Gasteiger partial charge on any atom is 0.333 e. The van der Waals surface area contributed by atoms with E-state index in [4.69, 9.17) is 50.6 Å². The Morgan fingerprint density at radius 3 is 1.20 bits per heavy atom. The molecule has 3 atom stereocenters. The van der Waals surface area contributed by atoms with Crippen molar-refractivity contribution in [2.24, 2.45) is 0 Å². The third-order valence-electron chi connectivity index (χ3n) is 10.8. The number of hydrogen-bond donors (Lipinski definition) is 1. The van der Waals surface area contributed by atoms with Crippen molar-refractivity contribution in [1.29, 1.82) is 0 Å². The first-order valence-electron chi connectivity index (χ1n) is 22.9. The summed E-state index contributed by atoms with van der Waals surface area (Å²) >= 11 is 0. The van der Waals surface area contributed by atoms with Crippen LogP contribution >= 0.6 is 0 Å². The van der Waals surface area contributed by atoms with Gasteiger partial charge >= 0.3 is 80.4 Å². The number of ether oxygens (including phenoxy) is 2. The monoisotopic (exact) mass is 1110 g/mol. The second-order valence-electron chi connectivity index (χ2n) is 22.0. The second kappa shape index (κ2) is 23.2. The van der Waals surface area contributed by atoms with Crippen LogP contribution in [0.2, 0.25) is 160 Å². The fourth-order valence-electron chi connectivity index (χ4n) is 8.39. The SMILES string of the molecule is C=C(C)C(=O)OCCC[Si]1(C)O[Si](C)(C)O[Si](C)(CC[Si](C)(C)O[Si](C)(C)O[Si](C)(C)CC[Si]2(C)O[SiH2]O[Si](C)(CCCOC(=O)C(=C)C)O[Si](C)(CC[Si](C)(C)O)O2)O[Si](C)(C)O1. The minimum atomic E-state index is -2.88. The molecule has 2 aliphatic heterocycles. The van der Waals surface area contributed by atoms with Crippen LogP contribution in [0.15, 0.2) is 24.3 Å². The average molecular weight is 1110 g/mol. The van der Waals surface area contributed by atoms with E-state index in [2.05, 4.69) is 111 Å². The Balaban J connectivity index is 2.11. The molecule has 15 nitrogen and oxygen atoms in total. The van der Waals surface area contributed by atoms with Gasteiger partial charge in [-0.3, -0.25) is 0 Å². The molecule has 0 aromatic rings. The van der Waals surface area contributed by atoms with Crippen LogP contribution in [0, 0.1) is 0 Å². The summed E-state index contributed by atoms with van der Waals surface area (Å²) in [6, 6.07) is 5.85. The maximum absolute atomic E-state index is 12.0. The molecule has 3 unspecified atom stereocenters. The number of rotatable bonds is 23. The Bertz CT molecular complexity index is 1590. The minimum Gasteiger partial charge on any atom is -0.462 e. The zero-order chi connectivity index (χ0) is 49.5. The number of hydrogen-bond acceptors (Lipinski definition) is 15. The van der Waals surface area contributed by atoms with Gasteiger partial charge in [0.05, 0.1) is 13.2 Å². The van der Waals surface area contributed by atoms with Crippen LogP contribution in [0.1, 0.15) is 26.7 Å². The van der Waals surface area contributed by atoms with Crippen molar-refractivity contribution in [3.8, 4) is 0 Å². The highest BCUT2D eigenvalue weighted by atomic mass is 28.5. The van der Waals surface area contributed by atoms with Gasteiger partial charge in [0, 0.05) is 11.1 Å². The van der Waals surface area contributed by atoms with Crippen LogP contribution < -0.4 is 0 Å². The van der Waals surface area contributed by atoms with Crippen molar-refractivity contribution in [1.82, 2.24) is 0 Å². The van der Waals surface area contributed by atoms with Crippen LogP contribution in [0.5, 0.6) is 0 Å². The molecule has 374 valence electrons. The van der Waals surface area contributed by atoms with E-state index < -0.39 is 109 Å². The normalized spacial score (nSPS) is 29.8. The molecule has 0 radical (unpaired) electrons. The topological polar surface area (TPSA) is 165 Å². The summed E-state index contributed by atoms with van der Waals surface area (Å²) < 4.78 is 80.3. The van der Waals surface area contributed by atoms with Crippen molar-refractivity contribution in [2.45, 2.75) is 186 Å². The quantitative estimate of drug-likeness (QED) is 0.0445. The lowest BCUT2D eigenvalue weighted by Gasteiger charge is -2.49. The number of esters is 2. The van der Waals surface area contributed by atoms with Gasteiger partial charge in [-0.15, -0.1) is 0 Å². The van der Waals surface area contributed by atoms with Crippen LogP contribution in [0.3, 0.4) is 0 Å². The van der Waals surface area contributed by atoms with Gasteiger partial charge in [-0.25, -0.2) is 9.59 Å². The molecule has 0 saturated carbocycles. The molecule has 0 aromatic carbocycles. The minimum absolute atomic E-state index is 0.268. The molecule has 2 rings (SSSR count). The van der Waals surface area contributed by atoms with Gasteiger partial charge in [0.1, 0.15) is 0 Å². The largest absolute Gasteiger partial charge is 0.462 e. The molecular formula is C37H88O15Si12. The van der Waals surface area contributed by atoms with Gasteiger partial charge in [-0.05, 0) is 186 Å². The molecule has 27 heteroatoms. The molecule has 2 heterocycles. The molecule has 0 aliphatic carbocycles. The van der Waals surface area contributed by atoms with E-state index in [1.165, 1.54) is 0 Å². The summed E-state index contributed by atoms with van der Waals surface area (Å²) in [5.74, 6) is -0.781. The first-order valence-corrected chi connectivity index (χ1v) is 54.5. The summed E-state index contributed by atoms with van der Waals surface area (Å²) in [5, 5.41) is 0. The van der Waals surface area contributed by atoms with E-state index >= 15 is 0 Å². The van der Waals surface area contributed by atoms with Crippen LogP contribution in [0.4, 0.5) is 0 Å². The lowest BCUT2D eigenvalue weighted by molar-refractivity contribution is -0.139. The van der Waals surface area contributed by atoms with Gasteiger partial charge in [0.25, 0.3) is 10.0 Å². The van der Waals surface area contributed by atoms with Gasteiger partial charge in [-0.1, -0.05) is 13.2 Å². The Morgan fingerprint density at radius 1 is 0.516 bits per heavy atom. The number of carbonyl (C=O) groups excluding carboxylic acids is 2. The van der Waals surface area contributed by atoms with Crippen molar-refractivity contribution in [2.75, 3.05) is 13.2 Å². The standard InChI is InChI=1S/C37H88O15Si12/c1-34(2)36(38)41-24-22-26-60(17)43-53-44-61(18,52-64(21,51-60)31-28-54(5,6)40)32-29-55(7,8)45-57(11,12)46-56(9,10)30-33-63(20)49-58(13,14)47-62(19,48-59(15,16)50-63)27-23-25-42-37(39)35(3)4/h40H,1,3,22-33,53H2,2,4-21H3. The van der Waals surface area contributed by atoms with Gasteiger partial charge in [0.2, 0.25) is 0 Å². The average Bonchev–Trinajstić information content (AvgIpc) is 3.06. The molecule has 2 aliphatic rings. The smallest absolute Gasteiger partial charge is 0.333 e. The lowest BCUT2D eigenvalue weighted by atomic mass is 10.4. The summed E-state index contributed by atoms with van der Waals surface area (Å²) in [6.07, 6.45) is 1.24. The van der Waals surface area contributed by atoms with Crippen LogP contribution in [-0.4, -0.2) is 133 Å². The van der Waals surface area contributed by atoms with E-state index in [0.29, 0.717) is 48.2 Å². The summed E-state index contributed by atoms with van der Waals surface area (Å²) in [4.78, 5) is 34.8. The molecule has 0 amide bonds. The fraction of sp³-hybridized carbons (Fsp3) is 0.838. The molecule has 0 aromatic heterocycles. The Morgan fingerprint density at radius 2 is 0.828 bits per heavy atom. The van der Waals surface area contributed by atoms with E-state index in [1.807, 2.05) is 13.1 Å². The zero-order valence-corrected chi connectivity index (χ0v) is 55.7. The van der Waals surface area contributed by atoms with Gasteiger partial charge in [0.15, 0.2) is 25.0 Å². The third kappa shape index (κ3) is 23.0. The molecule has 0 bridgehead atoms. The zero-order valence-electron chi connectivity index (χ0n) is 43.3. The van der Waals surface area contributed by atoms with Crippen molar-refractivity contribution < 1.29 is 65.0 Å².